The molecule has 3 aromatic rings. The zero-order valence-corrected chi connectivity index (χ0v) is 10.4. The van der Waals surface area contributed by atoms with E-state index in [4.69, 9.17) is 0 Å². The number of aromatic hydroxyl groups is 1. The number of nitrogens with zero attached hydrogens (tertiary/aromatic N) is 2. The lowest BCUT2D eigenvalue weighted by atomic mass is 10.2. The number of halogens is 1. The molecule has 0 fully saturated rings. The number of rotatable bonds is 1. The van der Waals surface area contributed by atoms with Crippen LogP contribution >= 0.6 is 15.9 Å². The number of para-hydroxylation sites is 1. The fraction of sp³-hybridized carbons (Fsp3) is 0. The summed E-state index contributed by atoms with van der Waals surface area (Å²) >= 11 is 3.51. The van der Waals surface area contributed by atoms with Crippen LogP contribution in [0.1, 0.15) is 0 Å². The molecule has 0 aliphatic heterocycles. The molecule has 0 unspecified atom stereocenters. The summed E-state index contributed by atoms with van der Waals surface area (Å²) in [5.41, 5.74) is 1.95. The predicted octanol–water partition coefficient (Wildman–Crippen LogP) is 3.49. The van der Waals surface area contributed by atoms with Crippen LogP contribution in [0.15, 0.2) is 53.1 Å². The largest absolute Gasteiger partial charge is 0.508 e. The maximum Gasteiger partial charge on any atom is 0.116 e. The van der Waals surface area contributed by atoms with Gasteiger partial charge in [-0.2, -0.15) is 5.10 Å². The first kappa shape index (κ1) is 10.4. The van der Waals surface area contributed by atoms with Crippen molar-refractivity contribution in [1.82, 2.24) is 9.78 Å². The van der Waals surface area contributed by atoms with Crippen LogP contribution in [0.25, 0.3) is 16.6 Å². The Balaban J connectivity index is 2.29. The highest BCUT2D eigenvalue weighted by molar-refractivity contribution is 9.10. The number of phenolic OH excluding ortho intramolecular Hbond substituents is 1. The van der Waals surface area contributed by atoms with Crippen LogP contribution in [0.5, 0.6) is 5.75 Å². The highest BCUT2D eigenvalue weighted by Gasteiger charge is 2.07. The minimum absolute atomic E-state index is 0.254. The van der Waals surface area contributed by atoms with Gasteiger partial charge in [-0.05, 0) is 46.3 Å². The van der Waals surface area contributed by atoms with Gasteiger partial charge in [0.25, 0.3) is 0 Å². The van der Waals surface area contributed by atoms with Crippen molar-refractivity contribution in [1.29, 1.82) is 0 Å². The van der Waals surface area contributed by atoms with Gasteiger partial charge in [-0.15, -0.1) is 0 Å². The van der Waals surface area contributed by atoms with Gasteiger partial charge < -0.3 is 5.11 Å². The van der Waals surface area contributed by atoms with E-state index in [2.05, 4.69) is 21.0 Å². The number of fused-ring (bicyclic) bond motifs is 1. The molecule has 0 radical (unpaired) electrons. The van der Waals surface area contributed by atoms with Gasteiger partial charge in [0.05, 0.1) is 17.4 Å². The Morgan fingerprint density at radius 3 is 2.76 bits per heavy atom. The number of benzene rings is 2. The van der Waals surface area contributed by atoms with E-state index in [9.17, 15) is 5.11 Å². The summed E-state index contributed by atoms with van der Waals surface area (Å²) in [6.45, 7) is 0. The van der Waals surface area contributed by atoms with Crippen LogP contribution in [-0.4, -0.2) is 14.9 Å². The maximum atomic E-state index is 9.42. The molecule has 3 rings (SSSR count). The molecule has 0 saturated heterocycles. The molecule has 17 heavy (non-hydrogen) atoms. The molecular formula is C13H9BrN2O. The minimum atomic E-state index is 0.254. The molecule has 1 heterocycles. The Hall–Kier alpha value is -1.81. The highest BCUT2D eigenvalue weighted by atomic mass is 79.9. The van der Waals surface area contributed by atoms with Crippen molar-refractivity contribution < 1.29 is 5.11 Å². The molecule has 0 spiro atoms. The van der Waals surface area contributed by atoms with E-state index in [0.29, 0.717) is 0 Å². The van der Waals surface area contributed by atoms with Crippen LogP contribution in [-0.2, 0) is 0 Å². The first-order valence-electron chi connectivity index (χ1n) is 5.17. The molecular weight excluding hydrogens is 280 g/mol. The van der Waals surface area contributed by atoms with Crippen LogP contribution in [0.2, 0.25) is 0 Å². The van der Waals surface area contributed by atoms with Crippen LogP contribution in [0.3, 0.4) is 0 Å². The Morgan fingerprint density at radius 1 is 1.12 bits per heavy atom. The van der Waals surface area contributed by atoms with Crippen molar-refractivity contribution in [3.8, 4) is 11.4 Å². The summed E-state index contributed by atoms with van der Waals surface area (Å²) in [7, 11) is 0. The topological polar surface area (TPSA) is 38.1 Å². The maximum absolute atomic E-state index is 9.42. The van der Waals surface area contributed by atoms with Crippen LogP contribution in [0, 0.1) is 0 Å². The predicted molar refractivity (Wildman–Crippen MR) is 70.4 cm³/mol. The summed E-state index contributed by atoms with van der Waals surface area (Å²) in [5.74, 6) is 0.254. The quantitative estimate of drug-likeness (QED) is 0.744. The standard InChI is InChI=1S/C13H9BrN2O/c14-11-3-1-2-4-13(11)16-12-6-5-10(17)7-9(12)8-15-16/h1-8,17H. The minimum Gasteiger partial charge on any atom is -0.508 e. The van der Waals surface area contributed by atoms with Gasteiger partial charge >= 0.3 is 0 Å². The number of hydrogen-bond donors (Lipinski definition) is 1. The van der Waals surface area contributed by atoms with E-state index in [1.54, 1.807) is 18.3 Å². The summed E-state index contributed by atoms with van der Waals surface area (Å²) in [4.78, 5) is 0. The van der Waals surface area contributed by atoms with Crippen LogP contribution in [0.4, 0.5) is 0 Å². The lowest BCUT2D eigenvalue weighted by molar-refractivity contribution is 0.476. The lowest BCUT2D eigenvalue weighted by Crippen LogP contribution is -1.96. The van der Waals surface area contributed by atoms with Crippen molar-refractivity contribution in [2.24, 2.45) is 0 Å². The van der Waals surface area contributed by atoms with Crippen molar-refractivity contribution >= 4 is 26.8 Å². The monoisotopic (exact) mass is 288 g/mol. The van der Waals surface area contributed by atoms with E-state index in [1.165, 1.54) is 0 Å². The number of hydrogen-bond acceptors (Lipinski definition) is 2. The first-order valence-corrected chi connectivity index (χ1v) is 5.97. The average Bonchev–Trinajstić information content (AvgIpc) is 2.72. The number of aromatic nitrogens is 2. The van der Waals surface area contributed by atoms with E-state index >= 15 is 0 Å². The second-order valence-electron chi connectivity index (χ2n) is 3.75. The molecule has 0 aliphatic rings. The van der Waals surface area contributed by atoms with Gasteiger partial charge in [-0.1, -0.05) is 12.1 Å². The normalized spacial score (nSPS) is 10.9. The van der Waals surface area contributed by atoms with Crippen LogP contribution < -0.4 is 0 Å². The summed E-state index contributed by atoms with van der Waals surface area (Å²) < 4.78 is 2.83. The molecule has 0 atom stereocenters. The van der Waals surface area contributed by atoms with Gasteiger partial charge in [0, 0.05) is 9.86 Å². The van der Waals surface area contributed by atoms with Crippen molar-refractivity contribution in [3.05, 3.63) is 53.1 Å². The SMILES string of the molecule is Oc1ccc2c(cnn2-c2ccccc2Br)c1. The Morgan fingerprint density at radius 2 is 1.94 bits per heavy atom. The Bertz CT molecular complexity index is 691. The Kier molecular flexibility index (Phi) is 2.37. The van der Waals surface area contributed by atoms with E-state index in [-0.39, 0.29) is 5.75 Å². The Labute approximate surface area is 106 Å². The third-order valence-corrected chi connectivity index (χ3v) is 3.30. The highest BCUT2D eigenvalue weighted by Crippen LogP contribution is 2.26. The van der Waals surface area contributed by atoms with Crippen molar-refractivity contribution in [2.45, 2.75) is 0 Å². The zero-order chi connectivity index (χ0) is 11.8. The molecule has 0 bridgehead atoms. The van der Waals surface area contributed by atoms with Gasteiger partial charge in [-0.25, -0.2) is 4.68 Å². The summed E-state index contributed by atoms with van der Waals surface area (Å²) in [5, 5.41) is 14.7. The fourth-order valence-corrected chi connectivity index (χ4v) is 2.29. The molecule has 1 N–H and O–H groups in total. The lowest BCUT2D eigenvalue weighted by Gasteiger charge is -2.05. The molecule has 3 nitrogen and oxygen atoms in total. The first-order chi connectivity index (χ1) is 8.25. The van der Waals surface area contributed by atoms with Crippen molar-refractivity contribution in [3.63, 3.8) is 0 Å². The summed E-state index contributed by atoms with van der Waals surface area (Å²) in [6, 6.07) is 13.1. The summed E-state index contributed by atoms with van der Waals surface area (Å²) in [6.07, 6.45) is 1.74. The van der Waals surface area contributed by atoms with Gasteiger partial charge in [0.1, 0.15) is 5.75 Å². The van der Waals surface area contributed by atoms with Gasteiger partial charge in [0.2, 0.25) is 0 Å². The average molecular weight is 289 g/mol. The zero-order valence-electron chi connectivity index (χ0n) is 8.84. The van der Waals surface area contributed by atoms with Crippen molar-refractivity contribution in [2.75, 3.05) is 0 Å². The second-order valence-corrected chi connectivity index (χ2v) is 4.61. The van der Waals surface area contributed by atoms with Gasteiger partial charge in [0.15, 0.2) is 0 Å². The fourth-order valence-electron chi connectivity index (χ4n) is 1.84. The molecule has 0 saturated carbocycles. The van der Waals surface area contributed by atoms with E-state index in [0.717, 1.165) is 21.1 Å². The third kappa shape index (κ3) is 1.70. The van der Waals surface area contributed by atoms with Gasteiger partial charge in [-0.3, -0.25) is 0 Å². The van der Waals surface area contributed by atoms with E-state index in [1.807, 2.05) is 35.0 Å². The molecule has 1 aromatic heterocycles. The molecule has 84 valence electrons. The molecule has 4 heteroatoms. The second kappa shape index (κ2) is 3.89. The molecule has 0 aliphatic carbocycles. The molecule has 2 aromatic carbocycles. The smallest absolute Gasteiger partial charge is 0.116 e. The number of phenols is 1. The molecule has 0 amide bonds. The van der Waals surface area contributed by atoms with E-state index < -0.39 is 0 Å². The third-order valence-electron chi connectivity index (χ3n) is 2.63.